The minimum absolute atomic E-state index is 0.109. The molecule has 1 aliphatic rings. The van der Waals surface area contributed by atoms with E-state index in [9.17, 15) is 14.4 Å². The van der Waals surface area contributed by atoms with Gasteiger partial charge in [0.25, 0.3) is 5.91 Å². The molecule has 0 aliphatic carbocycles. The Morgan fingerprint density at radius 2 is 2.00 bits per heavy atom. The van der Waals surface area contributed by atoms with Crippen LogP contribution in [0.5, 0.6) is 0 Å². The highest BCUT2D eigenvalue weighted by atomic mass is 16.4. The molecule has 3 amide bonds. The van der Waals surface area contributed by atoms with Crippen molar-refractivity contribution >= 4 is 17.9 Å². The quantitative estimate of drug-likeness (QED) is 0.798. The van der Waals surface area contributed by atoms with Crippen molar-refractivity contribution in [2.24, 2.45) is 0 Å². The van der Waals surface area contributed by atoms with Crippen LogP contribution in [0.2, 0.25) is 0 Å². The minimum Gasteiger partial charge on any atom is -0.481 e. The van der Waals surface area contributed by atoms with Crippen molar-refractivity contribution in [1.82, 2.24) is 10.2 Å². The van der Waals surface area contributed by atoms with Crippen LogP contribution in [-0.4, -0.2) is 34.0 Å². The second-order valence-corrected chi connectivity index (χ2v) is 4.73. The number of carboxylic acid groups (broad SMARTS) is 1. The van der Waals surface area contributed by atoms with Gasteiger partial charge in [0, 0.05) is 6.42 Å². The molecule has 0 spiro atoms. The van der Waals surface area contributed by atoms with Crippen LogP contribution in [-0.2, 0) is 9.59 Å². The fourth-order valence-corrected chi connectivity index (χ4v) is 2.26. The topological polar surface area (TPSA) is 86.7 Å². The lowest BCUT2D eigenvalue weighted by Gasteiger charge is -2.21. The molecule has 1 aromatic carbocycles. The number of carbonyl (C=O) groups is 3. The van der Waals surface area contributed by atoms with Crippen LogP contribution in [0.1, 0.15) is 31.4 Å². The average molecular weight is 276 g/mol. The Bertz CT molecular complexity index is 529. The number of nitrogens with zero attached hydrogens (tertiary/aromatic N) is 1. The van der Waals surface area contributed by atoms with E-state index >= 15 is 0 Å². The van der Waals surface area contributed by atoms with Gasteiger partial charge in [-0.1, -0.05) is 30.3 Å². The Labute approximate surface area is 116 Å². The summed E-state index contributed by atoms with van der Waals surface area (Å²) in [5, 5.41) is 11.2. The highest BCUT2D eigenvalue weighted by Crippen LogP contribution is 2.25. The highest BCUT2D eigenvalue weighted by molar-refractivity contribution is 6.04. The van der Waals surface area contributed by atoms with Gasteiger partial charge in [0.05, 0.1) is 6.04 Å². The van der Waals surface area contributed by atoms with E-state index in [1.54, 1.807) is 6.92 Å². The smallest absolute Gasteiger partial charge is 0.325 e. The van der Waals surface area contributed by atoms with Crippen LogP contribution in [0.4, 0.5) is 4.79 Å². The lowest BCUT2D eigenvalue weighted by molar-refractivity contribution is -0.137. The third-order valence-electron chi connectivity index (χ3n) is 3.37. The predicted octanol–water partition coefficient (Wildman–Crippen LogP) is 1.53. The SMILES string of the molecule is CC(c1ccccc1)N1C(=O)N[C@H](CCC(=O)O)C1=O. The first-order chi connectivity index (χ1) is 9.50. The first-order valence-corrected chi connectivity index (χ1v) is 6.41. The number of imide groups is 1. The molecule has 20 heavy (non-hydrogen) atoms. The summed E-state index contributed by atoms with van der Waals surface area (Å²) >= 11 is 0. The van der Waals surface area contributed by atoms with E-state index in [2.05, 4.69) is 5.32 Å². The van der Waals surface area contributed by atoms with Gasteiger partial charge in [0.1, 0.15) is 6.04 Å². The monoisotopic (exact) mass is 276 g/mol. The molecule has 0 bridgehead atoms. The molecule has 0 radical (unpaired) electrons. The fraction of sp³-hybridized carbons (Fsp3) is 0.357. The number of carboxylic acids is 1. The van der Waals surface area contributed by atoms with E-state index in [0.29, 0.717) is 0 Å². The molecule has 6 nitrogen and oxygen atoms in total. The van der Waals surface area contributed by atoms with Crippen LogP contribution in [0.3, 0.4) is 0 Å². The van der Waals surface area contributed by atoms with E-state index in [0.717, 1.165) is 10.5 Å². The Morgan fingerprint density at radius 3 is 2.60 bits per heavy atom. The standard InChI is InChI=1S/C14H16N2O4/c1-9(10-5-3-2-4-6-10)16-13(19)11(15-14(16)20)7-8-12(17)18/h2-6,9,11H,7-8H2,1H3,(H,15,20)(H,17,18)/t9?,11-/m1/s1. The zero-order valence-electron chi connectivity index (χ0n) is 11.1. The molecular weight excluding hydrogens is 260 g/mol. The highest BCUT2D eigenvalue weighted by Gasteiger charge is 2.40. The number of carbonyl (C=O) groups excluding carboxylic acids is 2. The first-order valence-electron chi connectivity index (χ1n) is 6.41. The van der Waals surface area contributed by atoms with Gasteiger partial charge >= 0.3 is 12.0 Å². The first kappa shape index (κ1) is 14.0. The molecule has 2 rings (SSSR count). The van der Waals surface area contributed by atoms with Crippen LogP contribution >= 0.6 is 0 Å². The van der Waals surface area contributed by atoms with Crippen LogP contribution in [0.25, 0.3) is 0 Å². The van der Waals surface area contributed by atoms with Crippen molar-refractivity contribution in [2.45, 2.75) is 31.8 Å². The maximum absolute atomic E-state index is 12.2. The van der Waals surface area contributed by atoms with Crippen molar-refractivity contribution < 1.29 is 19.5 Å². The Hall–Kier alpha value is -2.37. The number of amides is 3. The van der Waals surface area contributed by atoms with Crippen LogP contribution in [0.15, 0.2) is 30.3 Å². The van der Waals surface area contributed by atoms with E-state index in [4.69, 9.17) is 5.11 Å². The summed E-state index contributed by atoms with van der Waals surface area (Å²) in [5.41, 5.74) is 0.856. The molecule has 1 aliphatic heterocycles. The predicted molar refractivity (Wildman–Crippen MR) is 70.9 cm³/mol. The molecule has 1 fully saturated rings. The van der Waals surface area contributed by atoms with Crippen molar-refractivity contribution in [1.29, 1.82) is 0 Å². The van der Waals surface area contributed by atoms with Crippen molar-refractivity contribution in [2.75, 3.05) is 0 Å². The molecule has 6 heteroatoms. The summed E-state index contributed by atoms with van der Waals surface area (Å²) in [7, 11) is 0. The van der Waals surface area contributed by atoms with Crippen LogP contribution < -0.4 is 5.32 Å². The van der Waals surface area contributed by atoms with Crippen molar-refractivity contribution in [3.8, 4) is 0 Å². The third kappa shape index (κ3) is 2.79. The van der Waals surface area contributed by atoms with Gasteiger partial charge in [0.2, 0.25) is 0 Å². The molecule has 2 atom stereocenters. The summed E-state index contributed by atoms with van der Waals surface area (Å²) < 4.78 is 0. The normalized spacial score (nSPS) is 19.9. The maximum Gasteiger partial charge on any atom is 0.325 e. The summed E-state index contributed by atoms with van der Waals surface area (Å²) in [6.45, 7) is 1.77. The minimum atomic E-state index is -0.985. The number of urea groups is 1. The zero-order chi connectivity index (χ0) is 14.7. The summed E-state index contributed by atoms with van der Waals surface area (Å²) in [5.74, 6) is -1.35. The van der Waals surface area contributed by atoms with E-state index in [1.807, 2.05) is 30.3 Å². The second kappa shape index (κ2) is 5.73. The molecule has 1 heterocycles. The Balaban J connectivity index is 2.11. The van der Waals surface area contributed by atoms with Gasteiger partial charge in [-0.25, -0.2) is 4.79 Å². The Kier molecular flexibility index (Phi) is 4.02. The number of rotatable bonds is 5. The Morgan fingerprint density at radius 1 is 1.35 bits per heavy atom. The zero-order valence-corrected chi connectivity index (χ0v) is 11.1. The van der Waals surface area contributed by atoms with E-state index < -0.39 is 18.0 Å². The molecule has 1 aromatic rings. The van der Waals surface area contributed by atoms with E-state index in [1.165, 1.54) is 0 Å². The molecule has 0 aromatic heterocycles. The summed E-state index contributed by atoms with van der Waals surface area (Å²) in [6, 6.07) is 7.63. The fourth-order valence-electron chi connectivity index (χ4n) is 2.26. The second-order valence-electron chi connectivity index (χ2n) is 4.73. The maximum atomic E-state index is 12.2. The lowest BCUT2D eigenvalue weighted by Crippen LogP contribution is -2.34. The summed E-state index contributed by atoms with van der Waals surface area (Å²) in [6.07, 6.45) is -0.0395. The summed E-state index contributed by atoms with van der Waals surface area (Å²) in [4.78, 5) is 35.8. The van der Waals surface area contributed by atoms with Gasteiger partial charge in [-0.3, -0.25) is 14.5 Å². The molecule has 1 saturated heterocycles. The molecule has 1 unspecified atom stereocenters. The van der Waals surface area contributed by atoms with Crippen molar-refractivity contribution in [3.05, 3.63) is 35.9 Å². The molecule has 2 N–H and O–H groups in total. The largest absolute Gasteiger partial charge is 0.481 e. The average Bonchev–Trinajstić information content (AvgIpc) is 2.71. The van der Waals surface area contributed by atoms with Gasteiger partial charge in [-0.15, -0.1) is 0 Å². The molecular formula is C14H16N2O4. The number of nitrogens with one attached hydrogen (secondary N) is 1. The number of hydrogen-bond acceptors (Lipinski definition) is 3. The molecule has 106 valence electrons. The van der Waals surface area contributed by atoms with Gasteiger partial charge in [0.15, 0.2) is 0 Å². The number of hydrogen-bond donors (Lipinski definition) is 2. The van der Waals surface area contributed by atoms with Gasteiger partial charge in [-0.2, -0.15) is 0 Å². The third-order valence-corrected chi connectivity index (χ3v) is 3.37. The number of aliphatic carboxylic acids is 1. The number of benzene rings is 1. The lowest BCUT2D eigenvalue weighted by atomic mass is 10.1. The van der Waals surface area contributed by atoms with Gasteiger partial charge in [-0.05, 0) is 18.9 Å². The molecule has 0 saturated carbocycles. The van der Waals surface area contributed by atoms with Crippen molar-refractivity contribution in [3.63, 3.8) is 0 Å². The van der Waals surface area contributed by atoms with E-state index in [-0.39, 0.29) is 24.8 Å². The van der Waals surface area contributed by atoms with Crippen LogP contribution in [0, 0.1) is 0 Å². The van der Waals surface area contributed by atoms with Gasteiger partial charge < -0.3 is 10.4 Å².